The zero-order chi connectivity index (χ0) is 13.2. The summed E-state index contributed by atoms with van der Waals surface area (Å²) in [4.78, 5) is 22.7. The van der Waals surface area contributed by atoms with Gasteiger partial charge in [0.25, 0.3) is 5.91 Å². The van der Waals surface area contributed by atoms with Crippen LogP contribution in [-0.2, 0) is 0 Å². The number of piperidine rings is 1. The second kappa shape index (κ2) is 3.35. The summed E-state index contributed by atoms with van der Waals surface area (Å²) >= 11 is 0. The van der Waals surface area contributed by atoms with Crippen LogP contribution in [-0.4, -0.2) is 38.3 Å². The third-order valence-electron chi connectivity index (χ3n) is 4.89. The smallest absolute Gasteiger partial charge is 0.274 e. The average molecular weight is 256 g/mol. The molecule has 4 rings (SSSR count). The first kappa shape index (κ1) is 11.0. The Morgan fingerprint density at radius 2 is 2.11 bits per heavy atom. The van der Waals surface area contributed by atoms with Gasteiger partial charge in [0.2, 0.25) is 0 Å². The van der Waals surface area contributed by atoms with Crippen molar-refractivity contribution < 1.29 is 4.79 Å². The van der Waals surface area contributed by atoms with Gasteiger partial charge in [-0.25, -0.2) is 4.98 Å². The van der Waals surface area contributed by atoms with Gasteiger partial charge in [-0.3, -0.25) is 9.78 Å². The van der Waals surface area contributed by atoms with E-state index in [1.54, 1.807) is 18.6 Å². The molecule has 1 aliphatic heterocycles. The third kappa shape index (κ3) is 1.44. The molecule has 2 aromatic heterocycles. The van der Waals surface area contributed by atoms with Crippen molar-refractivity contribution in [3.8, 4) is 0 Å². The fraction of sp³-hybridized carbons (Fsp3) is 0.500. The standard InChI is InChI=1S/C14H16N4O/c1-14(2)9-6-18(7-10(9)14)13(19)11-8-17-4-3-15-5-12(17)16-11/h3-5,8-10H,6-7H2,1-2H3. The number of nitrogens with zero attached hydrogens (tertiary/aromatic N) is 4. The first-order chi connectivity index (χ1) is 9.07. The van der Waals surface area contributed by atoms with Gasteiger partial charge >= 0.3 is 0 Å². The summed E-state index contributed by atoms with van der Waals surface area (Å²) in [6, 6.07) is 0. The van der Waals surface area contributed by atoms with E-state index in [-0.39, 0.29) is 5.91 Å². The number of hydrogen-bond acceptors (Lipinski definition) is 3. The number of imidazole rings is 1. The lowest BCUT2D eigenvalue weighted by Gasteiger charge is -2.20. The molecule has 2 fully saturated rings. The van der Waals surface area contributed by atoms with Crippen LogP contribution in [0.1, 0.15) is 24.3 Å². The topological polar surface area (TPSA) is 50.5 Å². The Bertz CT molecular complexity index is 628. The lowest BCUT2D eigenvalue weighted by atomic mass is 10.1. The summed E-state index contributed by atoms with van der Waals surface area (Å²) in [5.41, 5.74) is 1.67. The number of fused-ring (bicyclic) bond motifs is 2. The van der Waals surface area contributed by atoms with Crippen LogP contribution in [0.15, 0.2) is 24.8 Å². The fourth-order valence-electron chi connectivity index (χ4n) is 3.41. The van der Waals surface area contributed by atoms with Gasteiger partial charge in [-0.05, 0) is 17.3 Å². The van der Waals surface area contributed by atoms with Gasteiger partial charge in [0.1, 0.15) is 5.69 Å². The molecule has 1 saturated carbocycles. The van der Waals surface area contributed by atoms with E-state index >= 15 is 0 Å². The minimum absolute atomic E-state index is 0.0479. The van der Waals surface area contributed by atoms with Crippen molar-refractivity contribution in [2.75, 3.05) is 13.1 Å². The highest BCUT2D eigenvalue weighted by Crippen LogP contribution is 2.62. The van der Waals surface area contributed by atoms with Crippen molar-refractivity contribution in [2.45, 2.75) is 13.8 Å². The second-order valence-corrected chi connectivity index (χ2v) is 6.21. The maximum Gasteiger partial charge on any atom is 0.274 e. The van der Waals surface area contributed by atoms with Crippen LogP contribution in [0.5, 0.6) is 0 Å². The Morgan fingerprint density at radius 1 is 1.37 bits per heavy atom. The summed E-state index contributed by atoms with van der Waals surface area (Å²) in [6.07, 6.45) is 6.95. The normalized spacial score (nSPS) is 27.6. The molecular weight excluding hydrogens is 240 g/mol. The third-order valence-corrected chi connectivity index (χ3v) is 4.89. The Labute approximate surface area is 111 Å². The van der Waals surface area contributed by atoms with Crippen molar-refractivity contribution in [3.05, 3.63) is 30.5 Å². The molecule has 2 aromatic rings. The SMILES string of the molecule is CC1(C)C2CN(C(=O)c3cn4ccncc4n3)CC21. The quantitative estimate of drug-likeness (QED) is 0.776. The number of likely N-dealkylation sites (tertiary alicyclic amines) is 1. The summed E-state index contributed by atoms with van der Waals surface area (Å²) in [7, 11) is 0. The number of carbonyl (C=O) groups excluding carboxylic acids is 1. The lowest BCUT2D eigenvalue weighted by Crippen LogP contribution is -2.33. The highest BCUT2D eigenvalue weighted by Gasteiger charge is 2.62. The maximum atomic E-state index is 12.4. The van der Waals surface area contributed by atoms with Crippen LogP contribution >= 0.6 is 0 Å². The first-order valence-electron chi connectivity index (χ1n) is 6.65. The monoisotopic (exact) mass is 256 g/mol. The highest BCUT2D eigenvalue weighted by molar-refractivity contribution is 5.93. The molecule has 0 radical (unpaired) electrons. The fourth-order valence-corrected chi connectivity index (χ4v) is 3.41. The predicted octanol–water partition coefficient (Wildman–Crippen LogP) is 1.46. The van der Waals surface area contributed by atoms with Crippen molar-refractivity contribution in [3.63, 3.8) is 0 Å². The Balaban J connectivity index is 1.58. The number of aromatic nitrogens is 3. The van der Waals surface area contributed by atoms with Crippen LogP contribution < -0.4 is 0 Å². The summed E-state index contributed by atoms with van der Waals surface area (Å²) < 4.78 is 1.83. The molecule has 19 heavy (non-hydrogen) atoms. The van der Waals surface area contributed by atoms with Gasteiger partial charge in [-0.1, -0.05) is 13.8 Å². The van der Waals surface area contributed by atoms with Crippen molar-refractivity contribution in [2.24, 2.45) is 17.3 Å². The lowest BCUT2D eigenvalue weighted by molar-refractivity contribution is 0.0753. The van der Waals surface area contributed by atoms with Gasteiger partial charge in [-0.2, -0.15) is 0 Å². The van der Waals surface area contributed by atoms with Gasteiger partial charge < -0.3 is 9.30 Å². The summed E-state index contributed by atoms with van der Waals surface area (Å²) in [5.74, 6) is 1.40. The number of hydrogen-bond donors (Lipinski definition) is 0. The van der Waals surface area contributed by atoms with E-state index in [0.717, 1.165) is 18.7 Å². The maximum absolute atomic E-state index is 12.4. The van der Waals surface area contributed by atoms with Crippen LogP contribution in [0.4, 0.5) is 0 Å². The molecule has 2 atom stereocenters. The largest absolute Gasteiger partial charge is 0.337 e. The Hall–Kier alpha value is -1.91. The summed E-state index contributed by atoms with van der Waals surface area (Å²) in [6.45, 7) is 6.34. The molecule has 5 heteroatoms. The summed E-state index contributed by atoms with van der Waals surface area (Å²) in [5, 5.41) is 0. The van der Waals surface area contributed by atoms with Crippen molar-refractivity contribution in [1.29, 1.82) is 0 Å². The van der Waals surface area contributed by atoms with Crippen LogP contribution in [0.2, 0.25) is 0 Å². The Kier molecular flexibility index (Phi) is 1.93. The molecule has 0 N–H and O–H groups in total. The minimum atomic E-state index is 0.0479. The van der Waals surface area contributed by atoms with Crippen LogP contribution in [0.3, 0.4) is 0 Å². The van der Waals surface area contributed by atoms with E-state index in [1.807, 2.05) is 15.5 Å². The van der Waals surface area contributed by atoms with E-state index in [9.17, 15) is 4.79 Å². The van der Waals surface area contributed by atoms with Gasteiger partial charge in [0, 0.05) is 31.7 Å². The molecular formula is C14H16N4O. The highest BCUT2D eigenvalue weighted by atomic mass is 16.2. The van der Waals surface area contributed by atoms with E-state index in [0.29, 0.717) is 22.9 Å². The number of amides is 1. The molecule has 2 aliphatic rings. The van der Waals surface area contributed by atoms with Crippen molar-refractivity contribution >= 4 is 11.6 Å². The minimum Gasteiger partial charge on any atom is -0.337 e. The van der Waals surface area contributed by atoms with Crippen molar-refractivity contribution in [1.82, 2.24) is 19.3 Å². The molecule has 1 aliphatic carbocycles. The Morgan fingerprint density at radius 3 is 2.79 bits per heavy atom. The molecule has 3 heterocycles. The number of rotatable bonds is 1. The van der Waals surface area contributed by atoms with E-state index in [4.69, 9.17) is 0 Å². The molecule has 1 saturated heterocycles. The van der Waals surface area contributed by atoms with Gasteiger partial charge in [0.05, 0.1) is 6.20 Å². The van der Waals surface area contributed by atoms with E-state index in [2.05, 4.69) is 23.8 Å². The molecule has 0 aromatic carbocycles. The van der Waals surface area contributed by atoms with Crippen LogP contribution in [0.25, 0.3) is 5.65 Å². The molecule has 2 unspecified atom stereocenters. The predicted molar refractivity (Wildman–Crippen MR) is 69.7 cm³/mol. The molecule has 1 amide bonds. The molecule has 5 nitrogen and oxygen atoms in total. The molecule has 98 valence electrons. The average Bonchev–Trinajstić information content (AvgIpc) is 2.89. The zero-order valence-corrected chi connectivity index (χ0v) is 11.1. The van der Waals surface area contributed by atoms with Gasteiger partial charge in [0.15, 0.2) is 5.65 Å². The van der Waals surface area contributed by atoms with Gasteiger partial charge in [-0.15, -0.1) is 0 Å². The molecule has 0 spiro atoms. The van der Waals surface area contributed by atoms with E-state index in [1.165, 1.54) is 0 Å². The van der Waals surface area contributed by atoms with E-state index < -0.39 is 0 Å². The van der Waals surface area contributed by atoms with Crippen LogP contribution in [0, 0.1) is 17.3 Å². The second-order valence-electron chi connectivity index (χ2n) is 6.21. The molecule has 0 bridgehead atoms. The number of carbonyl (C=O) groups is 1. The zero-order valence-electron chi connectivity index (χ0n) is 11.1. The first-order valence-corrected chi connectivity index (χ1v) is 6.65.